The summed E-state index contributed by atoms with van der Waals surface area (Å²) in [6.07, 6.45) is 3.35. The number of nitrogens with zero attached hydrogens (tertiary/aromatic N) is 1. The quantitative estimate of drug-likeness (QED) is 0.797. The van der Waals surface area contributed by atoms with Crippen molar-refractivity contribution < 1.29 is 8.42 Å². The zero-order valence-corrected chi connectivity index (χ0v) is 12.6. The van der Waals surface area contributed by atoms with Crippen LogP contribution in [0.15, 0.2) is 23.2 Å². The summed E-state index contributed by atoms with van der Waals surface area (Å²) >= 11 is 0. The molecule has 19 heavy (non-hydrogen) atoms. The molecule has 0 aliphatic rings. The van der Waals surface area contributed by atoms with E-state index in [1.807, 2.05) is 6.92 Å². The molecule has 108 valence electrons. The van der Waals surface area contributed by atoms with Crippen LogP contribution in [0.25, 0.3) is 0 Å². The van der Waals surface area contributed by atoms with E-state index in [2.05, 4.69) is 23.6 Å². The largest absolute Gasteiger partial charge is 0.325 e. The van der Waals surface area contributed by atoms with Gasteiger partial charge in [0.15, 0.2) is 0 Å². The van der Waals surface area contributed by atoms with Crippen LogP contribution in [0.1, 0.15) is 39.3 Å². The first-order chi connectivity index (χ1) is 8.86. The van der Waals surface area contributed by atoms with Gasteiger partial charge in [0.05, 0.1) is 5.69 Å². The molecule has 6 heteroatoms. The Bertz CT molecular complexity index is 500. The Morgan fingerprint density at radius 1 is 1.32 bits per heavy atom. The molecule has 0 aromatic carbocycles. The van der Waals surface area contributed by atoms with Crippen LogP contribution in [0, 0.1) is 5.92 Å². The van der Waals surface area contributed by atoms with E-state index in [9.17, 15) is 8.42 Å². The molecule has 1 heterocycles. The molecule has 1 unspecified atom stereocenters. The molecule has 1 aromatic heterocycles. The molecule has 0 amide bonds. The summed E-state index contributed by atoms with van der Waals surface area (Å²) in [6, 6.07) is 3.04. The second-order valence-electron chi connectivity index (χ2n) is 5.15. The van der Waals surface area contributed by atoms with Gasteiger partial charge in [-0.3, -0.25) is 4.98 Å². The van der Waals surface area contributed by atoms with Crippen molar-refractivity contribution in [2.24, 2.45) is 11.7 Å². The van der Waals surface area contributed by atoms with Crippen LogP contribution in [0.2, 0.25) is 0 Å². The van der Waals surface area contributed by atoms with Crippen molar-refractivity contribution in [2.75, 3.05) is 0 Å². The van der Waals surface area contributed by atoms with Crippen molar-refractivity contribution in [1.82, 2.24) is 9.71 Å². The molecule has 5 nitrogen and oxygen atoms in total. The van der Waals surface area contributed by atoms with Crippen molar-refractivity contribution in [3.8, 4) is 0 Å². The first-order valence-electron chi connectivity index (χ1n) is 6.53. The second-order valence-corrected chi connectivity index (χ2v) is 6.83. The normalized spacial score (nSPS) is 13.7. The van der Waals surface area contributed by atoms with Gasteiger partial charge in [0.1, 0.15) is 4.90 Å². The van der Waals surface area contributed by atoms with Crippen LogP contribution >= 0.6 is 0 Å². The molecule has 0 bridgehead atoms. The summed E-state index contributed by atoms with van der Waals surface area (Å²) < 4.78 is 27.2. The minimum Gasteiger partial charge on any atom is -0.325 e. The average Bonchev–Trinajstić information content (AvgIpc) is 2.35. The fourth-order valence-corrected chi connectivity index (χ4v) is 3.27. The van der Waals surface area contributed by atoms with E-state index in [-0.39, 0.29) is 17.5 Å². The lowest BCUT2D eigenvalue weighted by Gasteiger charge is -2.16. The van der Waals surface area contributed by atoms with E-state index in [0.717, 1.165) is 12.8 Å². The van der Waals surface area contributed by atoms with Crippen molar-refractivity contribution in [1.29, 1.82) is 0 Å². The van der Waals surface area contributed by atoms with Gasteiger partial charge in [0.2, 0.25) is 10.0 Å². The van der Waals surface area contributed by atoms with E-state index >= 15 is 0 Å². The standard InChI is InChI=1S/C13H23N3O2S/c1-10(2)6-7-11(3)16-19(17,18)13-5-4-8-15-12(13)9-14/h4-5,8,10-11,16H,6-7,9,14H2,1-3H3. The minimum absolute atomic E-state index is 0.0989. The predicted molar refractivity (Wildman–Crippen MR) is 76.0 cm³/mol. The summed E-state index contributed by atoms with van der Waals surface area (Å²) in [5.41, 5.74) is 5.92. The average molecular weight is 285 g/mol. The van der Waals surface area contributed by atoms with Gasteiger partial charge in [0.25, 0.3) is 0 Å². The maximum Gasteiger partial charge on any atom is 0.242 e. The summed E-state index contributed by atoms with van der Waals surface area (Å²) in [4.78, 5) is 4.18. The van der Waals surface area contributed by atoms with E-state index in [0.29, 0.717) is 11.6 Å². The maximum atomic E-state index is 12.3. The maximum absolute atomic E-state index is 12.3. The first-order valence-corrected chi connectivity index (χ1v) is 8.01. The van der Waals surface area contributed by atoms with Crippen molar-refractivity contribution in [2.45, 2.75) is 51.1 Å². The van der Waals surface area contributed by atoms with E-state index in [4.69, 9.17) is 5.73 Å². The molecule has 3 N–H and O–H groups in total. The number of hydrogen-bond acceptors (Lipinski definition) is 4. The van der Waals surface area contributed by atoms with Crippen molar-refractivity contribution in [3.63, 3.8) is 0 Å². The Kier molecular flexibility index (Phi) is 5.90. The molecule has 1 rings (SSSR count). The third-order valence-corrected chi connectivity index (χ3v) is 4.53. The van der Waals surface area contributed by atoms with Crippen molar-refractivity contribution in [3.05, 3.63) is 24.0 Å². The molecule has 0 saturated carbocycles. The summed E-state index contributed by atoms with van der Waals surface area (Å²) in [5.74, 6) is 0.560. The van der Waals surface area contributed by atoms with Gasteiger partial charge in [-0.15, -0.1) is 0 Å². The molecule has 0 spiro atoms. The van der Waals surface area contributed by atoms with Crippen LogP contribution in [0.5, 0.6) is 0 Å². The van der Waals surface area contributed by atoms with Crippen LogP contribution in [-0.4, -0.2) is 19.4 Å². The molecule has 1 atom stereocenters. The number of nitrogens with one attached hydrogen (secondary N) is 1. The number of sulfonamides is 1. The first kappa shape index (κ1) is 16.1. The Morgan fingerprint density at radius 3 is 2.58 bits per heavy atom. The number of hydrogen-bond donors (Lipinski definition) is 2. The molecule has 0 aliphatic heterocycles. The van der Waals surface area contributed by atoms with Gasteiger partial charge < -0.3 is 5.73 Å². The minimum atomic E-state index is -3.54. The molecule has 0 fully saturated rings. The van der Waals surface area contributed by atoms with Crippen LogP contribution in [0.4, 0.5) is 0 Å². The van der Waals surface area contributed by atoms with Gasteiger partial charge in [-0.05, 0) is 37.8 Å². The summed E-state index contributed by atoms with van der Waals surface area (Å²) in [6.45, 7) is 6.22. The SMILES string of the molecule is CC(C)CCC(C)NS(=O)(=O)c1cccnc1CN. The lowest BCUT2D eigenvalue weighted by Crippen LogP contribution is -2.33. The predicted octanol–water partition coefficient (Wildman–Crippen LogP) is 1.64. The van der Waals surface area contributed by atoms with E-state index in [1.165, 1.54) is 6.07 Å². The van der Waals surface area contributed by atoms with Gasteiger partial charge in [-0.1, -0.05) is 13.8 Å². The number of pyridine rings is 1. The number of rotatable bonds is 7. The highest BCUT2D eigenvalue weighted by Gasteiger charge is 2.20. The number of aromatic nitrogens is 1. The van der Waals surface area contributed by atoms with Gasteiger partial charge in [0, 0.05) is 18.8 Å². The number of nitrogens with two attached hydrogens (primary N) is 1. The summed E-state index contributed by atoms with van der Waals surface area (Å²) in [5, 5.41) is 0. The molecule has 0 aliphatic carbocycles. The Morgan fingerprint density at radius 2 is 2.00 bits per heavy atom. The van der Waals surface area contributed by atoms with Gasteiger partial charge >= 0.3 is 0 Å². The molecular weight excluding hydrogens is 262 g/mol. The van der Waals surface area contributed by atoms with Crippen LogP contribution in [-0.2, 0) is 16.6 Å². The smallest absolute Gasteiger partial charge is 0.242 e. The highest BCUT2D eigenvalue weighted by atomic mass is 32.2. The Balaban J connectivity index is 2.81. The zero-order valence-electron chi connectivity index (χ0n) is 11.8. The lowest BCUT2D eigenvalue weighted by molar-refractivity contribution is 0.485. The molecule has 1 aromatic rings. The topological polar surface area (TPSA) is 85.1 Å². The fourth-order valence-electron chi connectivity index (χ4n) is 1.79. The van der Waals surface area contributed by atoms with E-state index in [1.54, 1.807) is 12.3 Å². The monoisotopic (exact) mass is 285 g/mol. The Labute approximate surface area is 115 Å². The highest BCUT2D eigenvalue weighted by Crippen LogP contribution is 2.14. The highest BCUT2D eigenvalue weighted by molar-refractivity contribution is 7.89. The fraction of sp³-hybridized carbons (Fsp3) is 0.615. The third kappa shape index (κ3) is 4.89. The Hall–Kier alpha value is -0.980. The third-order valence-electron chi connectivity index (χ3n) is 2.86. The molecule has 0 saturated heterocycles. The van der Waals surface area contributed by atoms with Gasteiger partial charge in [-0.25, -0.2) is 13.1 Å². The van der Waals surface area contributed by atoms with Crippen molar-refractivity contribution >= 4 is 10.0 Å². The van der Waals surface area contributed by atoms with Crippen LogP contribution in [0.3, 0.4) is 0 Å². The van der Waals surface area contributed by atoms with Gasteiger partial charge in [-0.2, -0.15) is 0 Å². The molecule has 0 radical (unpaired) electrons. The summed E-state index contributed by atoms with van der Waals surface area (Å²) in [7, 11) is -3.54. The zero-order chi connectivity index (χ0) is 14.5. The van der Waals surface area contributed by atoms with Crippen LogP contribution < -0.4 is 10.5 Å². The second kappa shape index (κ2) is 6.98. The lowest BCUT2D eigenvalue weighted by atomic mass is 10.1. The van der Waals surface area contributed by atoms with E-state index < -0.39 is 10.0 Å². The molecular formula is C13H23N3O2S.